The van der Waals surface area contributed by atoms with Crippen molar-refractivity contribution < 1.29 is 32.2 Å². The van der Waals surface area contributed by atoms with Gasteiger partial charge in [-0.15, -0.1) is 11.3 Å². The molecule has 6 rings (SSSR count). The van der Waals surface area contributed by atoms with Gasteiger partial charge in [0.25, 0.3) is 6.01 Å². The van der Waals surface area contributed by atoms with Gasteiger partial charge < -0.3 is 19.2 Å². The van der Waals surface area contributed by atoms with E-state index in [4.69, 9.17) is 9.15 Å². The van der Waals surface area contributed by atoms with Gasteiger partial charge in [0.15, 0.2) is 11.2 Å². The number of ether oxygens (including phenoxy) is 1. The van der Waals surface area contributed by atoms with Gasteiger partial charge in [-0.3, -0.25) is 4.90 Å². The number of aromatic nitrogens is 2. The molecule has 3 atom stereocenters. The molecule has 3 unspecified atom stereocenters. The third kappa shape index (κ3) is 4.02. The highest BCUT2D eigenvalue weighted by molar-refractivity contribution is 7.13. The fraction of sp³-hybridized carbons (Fsp3) is 0.522. The number of oxazole rings is 1. The van der Waals surface area contributed by atoms with Gasteiger partial charge >= 0.3 is 12.3 Å². The molecule has 1 aromatic carbocycles. The minimum absolute atomic E-state index is 0.0710. The van der Waals surface area contributed by atoms with Crippen LogP contribution in [0.5, 0.6) is 0 Å². The minimum Gasteiger partial charge on any atom is -0.444 e. The first-order valence-corrected chi connectivity index (χ1v) is 12.0. The largest absolute Gasteiger partial charge is 0.444 e. The van der Waals surface area contributed by atoms with Crippen molar-refractivity contribution in [3.63, 3.8) is 0 Å². The molecule has 35 heavy (non-hydrogen) atoms. The molecule has 3 aliphatic rings. The fourth-order valence-corrected chi connectivity index (χ4v) is 5.24. The van der Waals surface area contributed by atoms with E-state index >= 15 is 0 Å². The maximum absolute atomic E-state index is 13.7. The number of thiazole rings is 1. The van der Waals surface area contributed by atoms with E-state index in [-0.39, 0.29) is 35.3 Å². The van der Waals surface area contributed by atoms with Crippen molar-refractivity contribution in [2.24, 2.45) is 0 Å². The van der Waals surface area contributed by atoms with E-state index < -0.39 is 22.9 Å². The highest BCUT2D eigenvalue weighted by atomic mass is 32.1. The SMILES string of the molecule is CC(C)(C)OC(=O)N1C2CC1CN(c1nc3c(C(C)(O)C(F)(F)F)ccc(-c4nccs4)c3o1)C2. The van der Waals surface area contributed by atoms with E-state index in [1.807, 2.05) is 4.90 Å². The summed E-state index contributed by atoms with van der Waals surface area (Å²) in [6, 6.07) is 2.59. The Morgan fingerprint density at radius 1 is 1.20 bits per heavy atom. The van der Waals surface area contributed by atoms with E-state index in [0.717, 1.165) is 6.42 Å². The first kappa shape index (κ1) is 23.9. The zero-order chi connectivity index (χ0) is 25.3. The molecule has 8 nitrogen and oxygen atoms in total. The van der Waals surface area contributed by atoms with Crippen LogP contribution in [0, 0.1) is 0 Å². The van der Waals surface area contributed by atoms with Gasteiger partial charge in [-0.1, -0.05) is 6.07 Å². The lowest BCUT2D eigenvalue weighted by Gasteiger charge is -2.55. The van der Waals surface area contributed by atoms with Gasteiger partial charge in [0.05, 0.1) is 17.6 Å². The fourth-order valence-electron chi connectivity index (χ4n) is 4.58. The third-order valence-corrected chi connectivity index (χ3v) is 7.15. The highest BCUT2D eigenvalue weighted by Gasteiger charge is 2.53. The number of piperidine rings is 1. The second kappa shape index (κ2) is 7.82. The second-order valence-corrected chi connectivity index (χ2v) is 11.0. The molecule has 1 amide bonds. The van der Waals surface area contributed by atoms with Crippen LogP contribution >= 0.6 is 11.3 Å². The number of alkyl halides is 3. The summed E-state index contributed by atoms with van der Waals surface area (Å²) in [5, 5.41) is 12.7. The molecular weight excluding hydrogens is 485 g/mol. The van der Waals surface area contributed by atoms with Crippen molar-refractivity contribution >= 4 is 34.5 Å². The van der Waals surface area contributed by atoms with Gasteiger partial charge in [-0.2, -0.15) is 18.2 Å². The molecule has 2 aromatic heterocycles. The van der Waals surface area contributed by atoms with Crippen molar-refractivity contribution in [3.05, 3.63) is 29.3 Å². The Balaban J connectivity index is 1.50. The minimum atomic E-state index is -4.91. The van der Waals surface area contributed by atoms with Gasteiger partial charge in [0.2, 0.25) is 0 Å². The van der Waals surface area contributed by atoms with E-state index in [0.29, 0.717) is 30.6 Å². The Labute approximate surface area is 203 Å². The number of benzene rings is 1. The first-order valence-electron chi connectivity index (χ1n) is 11.2. The van der Waals surface area contributed by atoms with Crippen LogP contribution in [0.3, 0.4) is 0 Å². The Morgan fingerprint density at radius 2 is 1.89 bits per heavy atom. The van der Waals surface area contributed by atoms with Crippen LogP contribution in [0.15, 0.2) is 28.1 Å². The number of carbonyl (C=O) groups excluding carboxylic acids is 1. The molecule has 1 N–H and O–H groups in total. The summed E-state index contributed by atoms with van der Waals surface area (Å²) in [6.45, 7) is 6.92. The summed E-state index contributed by atoms with van der Waals surface area (Å²) in [4.78, 5) is 24.7. The van der Waals surface area contributed by atoms with E-state index in [1.54, 1.807) is 37.2 Å². The number of hydrogen-bond donors (Lipinski definition) is 1. The zero-order valence-electron chi connectivity index (χ0n) is 19.6. The highest BCUT2D eigenvalue weighted by Crippen LogP contribution is 2.45. The quantitative estimate of drug-likeness (QED) is 0.535. The topological polar surface area (TPSA) is 91.9 Å². The van der Waals surface area contributed by atoms with Crippen LogP contribution in [0.25, 0.3) is 21.7 Å². The molecular formula is C23H25F3N4O4S. The summed E-state index contributed by atoms with van der Waals surface area (Å²) < 4.78 is 52.6. The number of hydrogen-bond acceptors (Lipinski definition) is 8. The van der Waals surface area contributed by atoms with Crippen molar-refractivity contribution in [2.45, 2.75) is 63.6 Å². The Hall–Kier alpha value is -2.86. The zero-order valence-corrected chi connectivity index (χ0v) is 20.4. The molecule has 3 saturated heterocycles. The molecule has 188 valence electrons. The van der Waals surface area contributed by atoms with Gasteiger partial charge in [0, 0.05) is 30.2 Å². The molecule has 0 aliphatic carbocycles. The van der Waals surface area contributed by atoms with Crippen molar-refractivity contribution in [2.75, 3.05) is 18.0 Å². The number of amides is 1. The summed E-state index contributed by atoms with van der Waals surface area (Å²) >= 11 is 1.31. The van der Waals surface area contributed by atoms with Crippen LogP contribution in [0.1, 0.15) is 39.7 Å². The predicted molar refractivity (Wildman–Crippen MR) is 123 cm³/mol. The molecule has 0 saturated carbocycles. The van der Waals surface area contributed by atoms with Crippen molar-refractivity contribution in [1.82, 2.24) is 14.9 Å². The average molecular weight is 511 g/mol. The van der Waals surface area contributed by atoms with Crippen LogP contribution in [-0.2, 0) is 10.3 Å². The Morgan fingerprint density at radius 3 is 2.46 bits per heavy atom. The maximum Gasteiger partial charge on any atom is 0.421 e. The number of halogens is 3. The van der Waals surface area contributed by atoms with Crippen molar-refractivity contribution in [1.29, 1.82) is 0 Å². The third-order valence-electron chi connectivity index (χ3n) is 6.34. The molecule has 12 heteroatoms. The van der Waals surface area contributed by atoms with Crippen LogP contribution in [0.4, 0.5) is 24.0 Å². The standard InChI is InChI=1S/C23H25F3N4O4S/c1-21(2,3)34-20(31)30-12-9-13(30)11-29(10-12)19-28-16-15(22(4,32)23(24,25)26)6-5-14(17(16)33-19)18-27-7-8-35-18/h5-8,12-13,32H,9-11H2,1-4H3. The smallest absolute Gasteiger partial charge is 0.421 e. The number of piperazine rings is 1. The van der Waals surface area contributed by atoms with E-state index in [1.165, 1.54) is 23.5 Å². The molecule has 2 bridgehead atoms. The van der Waals surface area contributed by atoms with Crippen LogP contribution in [0.2, 0.25) is 0 Å². The van der Waals surface area contributed by atoms with Gasteiger partial charge in [-0.05, 0) is 40.2 Å². The van der Waals surface area contributed by atoms with E-state index in [2.05, 4.69) is 9.97 Å². The first-order chi connectivity index (χ1) is 16.3. The summed E-state index contributed by atoms with van der Waals surface area (Å²) in [7, 11) is 0. The summed E-state index contributed by atoms with van der Waals surface area (Å²) in [5.74, 6) is 0. The Bertz CT molecular complexity index is 1250. The monoisotopic (exact) mass is 510 g/mol. The molecule has 3 aliphatic heterocycles. The maximum atomic E-state index is 13.7. The number of nitrogens with zero attached hydrogens (tertiary/aromatic N) is 4. The summed E-state index contributed by atoms with van der Waals surface area (Å²) in [6.07, 6.45) is -2.91. The number of fused-ring (bicyclic) bond motifs is 3. The van der Waals surface area contributed by atoms with Gasteiger partial charge in [0.1, 0.15) is 16.1 Å². The number of aliphatic hydroxyl groups is 1. The molecule has 0 radical (unpaired) electrons. The van der Waals surface area contributed by atoms with Gasteiger partial charge in [-0.25, -0.2) is 9.78 Å². The number of carbonyl (C=O) groups is 1. The predicted octanol–water partition coefficient (Wildman–Crippen LogP) is 4.92. The van der Waals surface area contributed by atoms with Crippen LogP contribution in [-0.4, -0.2) is 63.0 Å². The second-order valence-electron chi connectivity index (χ2n) is 10.1. The summed E-state index contributed by atoms with van der Waals surface area (Å²) in [5.41, 5.74) is -3.59. The Kier molecular flexibility index (Phi) is 5.33. The molecule has 0 spiro atoms. The normalized spacial score (nSPS) is 22.2. The molecule has 3 fully saturated rings. The lowest BCUT2D eigenvalue weighted by Crippen LogP contribution is -2.70. The molecule has 5 heterocycles. The van der Waals surface area contributed by atoms with E-state index in [9.17, 15) is 23.1 Å². The number of anilines is 1. The van der Waals surface area contributed by atoms with Crippen LogP contribution < -0.4 is 4.90 Å². The average Bonchev–Trinajstić information content (AvgIpc) is 3.41. The van der Waals surface area contributed by atoms with Crippen molar-refractivity contribution in [3.8, 4) is 10.6 Å². The lowest BCUT2D eigenvalue weighted by atomic mass is 9.88. The number of rotatable bonds is 3. The molecule has 3 aromatic rings. The lowest BCUT2D eigenvalue weighted by molar-refractivity contribution is -0.258.